The number of rotatable bonds is 2. The Morgan fingerprint density at radius 2 is 2.31 bits per heavy atom. The van der Waals surface area contributed by atoms with E-state index >= 15 is 0 Å². The fourth-order valence-electron chi connectivity index (χ4n) is 2.46. The van der Waals surface area contributed by atoms with Gasteiger partial charge >= 0.3 is 0 Å². The quantitative estimate of drug-likeness (QED) is 0.659. The van der Waals surface area contributed by atoms with Crippen LogP contribution < -0.4 is 5.32 Å². The van der Waals surface area contributed by atoms with E-state index in [0.717, 1.165) is 32.6 Å². The van der Waals surface area contributed by atoms with Crippen LogP contribution in [-0.2, 0) is 4.74 Å². The number of hydrogen-bond donors (Lipinski definition) is 2. The first-order chi connectivity index (χ1) is 6.21. The van der Waals surface area contributed by atoms with Crippen molar-refractivity contribution in [3.8, 4) is 0 Å². The first kappa shape index (κ1) is 9.44. The maximum absolute atomic E-state index is 10.4. The lowest BCUT2D eigenvalue weighted by Crippen LogP contribution is -2.51. The van der Waals surface area contributed by atoms with E-state index in [9.17, 15) is 5.11 Å². The van der Waals surface area contributed by atoms with Gasteiger partial charge in [0.05, 0.1) is 12.2 Å². The van der Waals surface area contributed by atoms with Crippen molar-refractivity contribution in [2.24, 2.45) is 5.92 Å². The number of aliphatic hydroxyl groups is 1. The second kappa shape index (κ2) is 3.56. The lowest BCUT2D eigenvalue weighted by atomic mass is 9.81. The molecule has 3 heteroatoms. The molecule has 2 fully saturated rings. The predicted octanol–water partition coefficient (Wildman–Crippen LogP) is 0.526. The maximum atomic E-state index is 10.4. The van der Waals surface area contributed by atoms with Crippen LogP contribution in [0.25, 0.3) is 0 Å². The van der Waals surface area contributed by atoms with Crippen LogP contribution >= 0.6 is 0 Å². The first-order valence-electron chi connectivity index (χ1n) is 5.25. The Morgan fingerprint density at radius 3 is 2.85 bits per heavy atom. The summed E-state index contributed by atoms with van der Waals surface area (Å²) in [5.41, 5.74) is -0.576. The topological polar surface area (TPSA) is 41.5 Å². The lowest BCUT2D eigenvalue weighted by molar-refractivity contribution is -0.0323. The van der Waals surface area contributed by atoms with Crippen LogP contribution in [-0.4, -0.2) is 36.5 Å². The number of ether oxygens (including phenoxy) is 1. The standard InChI is InChI=1S/C10H19NO2/c1-10(12,8-4-6-13-7-8)9-3-2-5-11-9/h8-9,11-12H,2-7H2,1H3. The summed E-state index contributed by atoms with van der Waals surface area (Å²) in [4.78, 5) is 0. The Kier molecular flexibility index (Phi) is 2.58. The Labute approximate surface area is 79.5 Å². The zero-order valence-electron chi connectivity index (χ0n) is 8.25. The van der Waals surface area contributed by atoms with E-state index in [1.165, 1.54) is 6.42 Å². The fraction of sp³-hybridized carbons (Fsp3) is 1.00. The average molecular weight is 185 g/mol. The summed E-state index contributed by atoms with van der Waals surface area (Å²) < 4.78 is 5.32. The van der Waals surface area contributed by atoms with Crippen molar-refractivity contribution in [3.63, 3.8) is 0 Å². The molecule has 0 aromatic rings. The van der Waals surface area contributed by atoms with Gasteiger partial charge in [-0.1, -0.05) is 0 Å². The zero-order valence-corrected chi connectivity index (χ0v) is 8.25. The molecule has 0 bridgehead atoms. The van der Waals surface area contributed by atoms with Crippen LogP contribution in [0.5, 0.6) is 0 Å². The third-order valence-corrected chi connectivity index (χ3v) is 3.52. The molecule has 0 saturated carbocycles. The summed E-state index contributed by atoms with van der Waals surface area (Å²) in [5, 5.41) is 13.7. The molecule has 0 spiro atoms. The molecule has 2 aliphatic heterocycles. The van der Waals surface area contributed by atoms with Crippen LogP contribution in [0.4, 0.5) is 0 Å². The molecule has 2 rings (SSSR count). The third-order valence-electron chi connectivity index (χ3n) is 3.52. The van der Waals surface area contributed by atoms with Crippen LogP contribution in [0.1, 0.15) is 26.2 Å². The molecule has 3 unspecified atom stereocenters. The van der Waals surface area contributed by atoms with Gasteiger partial charge in [0.2, 0.25) is 0 Å². The van der Waals surface area contributed by atoms with Crippen molar-refractivity contribution in [3.05, 3.63) is 0 Å². The SMILES string of the molecule is CC(O)(C1CCOC1)C1CCCN1. The second-order valence-corrected chi connectivity index (χ2v) is 4.44. The largest absolute Gasteiger partial charge is 0.388 e. The van der Waals surface area contributed by atoms with Gasteiger partial charge in [-0.05, 0) is 32.7 Å². The Bertz CT molecular complexity index is 152. The molecule has 0 amide bonds. The molecule has 2 heterocycles. The molecule has 2 aliphatic rings. The van der Waals surface area contributed by atoms with E-state index in [1.807, 2.05) is 6.92 Å². The van der Waals surface area contributed by atoms with Crippen molar-refractivity contribution in [1.82, 2.24) is 5.32 Å². The van der Waals surface area contributed by atoms with Gasteiger partial charge < -0.3 is 15.2 Å². The minimum atomic E-state index is -0.576. The van der Waals surface area contributed by atoms with Gasteiger partial charge in [-0.25, -0.2) is 0 Å². The second-order valence-electron chi connectivity index (χ2n) is 4.44. The number of nitrogens with one attached hydrogen (secondary N) is 1. The van der Waals surface area contributed by atoms with Gasteiger partial charge in [0.1, 0.15) is 0 Å². The van der Waals surface area contributed by atoms with Crippen molar-refractivity contribution in [1.29, 1.82) is 0 Å². The van der Waals surface area contributed by atoms with Crippen molar-refractivity contribution >= 4 is 0 Å². The van der Waals surface area contributed by atoms with Gasteiger partial charge in [0, 0.05) is 18.6 Å². The summed E-state index contributed by atoms with van der Waals surface area (Å²) in [6, 6.07) is 0.277. The van der Waals surface area contributed by atoms with Crippen molar-refractivity contribution < 1.29 is 9.84 Å². The predicted molar refractivity (Wildman–Crippen MR) is 50.6 cm³/mol. The Morgan fingerprint density at radius 1 is 1.46 bits per heavy atom. The smallest absolute Gasteiger partial charge is 0.0822 e. The van der Waals surface area contributed by atoms with Crippen LogP contribution in [0.3, 0.4) is 0 Å². The molecule has 0 aliphatic carbocycles. The van der Waals surface area contributed by atoms with E-state index < -0.39 is 5.60 Å². The minimum Gasteiger partial charge on any atom is -0.388 e. The highest BCUT2D eigenvalue weighted by Gasteiger charge is 2.42. The third kappa shape index (κ3) is 1.73. The van der Waals surface area contributed by atoms with Crippen molar-refractivity contribution in [2.75, 3.05) is 19.8 Å². The van der Waals surface area contributed by atoms with E-state index in [0.29, 0.717) is 5.92 Å². The molecule has 76 valence electrons. The molecule has 2 N–H and O–H groups in total. The average Bonchev–Trinajstić information content (AvgIpc) is 2.78. The van der Waals surface area contributed by atoms with Crippen LogP contribution in [0, 0.1) is 5.92 Å². The molecule has 13 heavy (non-hydrogen) atoms. The van der Waals surface area contributed by atoms with Crippen molar-refractivity contribution in [2.45, 2.75) is 37.8 Å². The summed E-state index contributed by atoms with van der Waals surface area (Å²) in [6.07, 6.45) is 3.29. The van der Waals surface area contributed by atoms with Gasteiger partial charge in [-0.3, -0.25) is 0 Å². The summed E-state index contributed by atoms with van der Waals surface area (Å²) in [7, 11) is 0. The monoisotopic (exact) mass is 185 g/mol. The molecule has 3 nitrogen and oxygen atoms in total. The van der Waals surface area contributed by atoms with Crippen LogP contribution in [0.2, 0.25) is 0 Å². The highest BCUT2D eigenvalue weighted by atomic mass is 16.5. The summed E-state index contributed by atoms with van der Waals surface area (Å²) in [5.74, 6) is 0.322. The molecule has 0 aromatic heterocycles. The van der Waals surface area contributed by atoms with E-state index in [-0.39, 0.29) is 6.04 Å². The molecule has 2 saturated heterocycles. The zero-order chi connectivity index (χ0) is 9.31. The first-order valence-corrected chi connectivity index (χ1v) is 5.25. The molecular weight excluding hydrogens is 166 g/mol. The van der Waals surface area contributed by atoms with E-state index in [2.05, 4.69) is 5.32 Å². The molecule has 3 atom stereocenters. The fourth-order valence-corrected chi connectivity index (χ4v) is 2.46. The summed E-state index contributed by atoms with van der Waals surface area (Å²) in [6.45, 7) is 4.54. The van der Waals surface area contributed by atoms with Gasteiger partial charge in [0.25, 0.3) is 0 Å². The number of hydrogen-bond acceptors (Lipinski definition) is 3. The van der Waals surface area contributed by atoms with E-state index in [1.54, 1.807) is 0 Å². The lowest BCUT2D eigenvalue weighted by Gasteiger charge is -2.35. The maximum Gasteiger partial charge on any atom is 0.0822 e. The van der Waals surface area contributed by atoms with Gasteiger partial charge in [-0.15, -0.1) is 0 Å². The van der Waals surface area contributed by atoms with Gasteiger partial charge in [0.15, 0.2) is 0 Å². The minimum absolute atomic E-state index is 0.277. The van der Waals surface area contributed by atoms with Crippen LogP contribution in [0.15, 0.2) is 0 Å². The highest BCUT2D eigenvalue weighted by molar-refractivity contribution is 4.97. The highest BCUT2D eigenvalue weighted by Crippen LogP contribution is 2.31. The normalized spacial score (nSPS) is 39.2. The van der Waals surface area contributed by atoms with E-state index in [4.69, 9.17) is 4.74 Å². The molecule has 0 aromatic carbocycles. The van der Waals surface area contributed by atoms with Gasteiger partial charge in [-0.2, -0.15) is 0 Å². The summed E-state index contributed by atoms with van der Waals surface area (Å²) >= 11 is 0. The Balaban J connectivity index is 1.99. The molecular formula is C10H19NO2. The Hall–Kier alpha value is -0.120. The molecule has 0 radical (unpaired) electrons.